The van der Waals surface area contributed by atoms with Gasteiger partial charge in [0.15, 0.2) is 0 Å². The third-order valence-electron chi connectivity index (χ3n) is 6.61. The molecule has 1 N–H and O–H groups in total. The molecule has 1 amide bonds. The SMILES string of the molecule is CS(=O)(=O)N1CCCC[C@@H]1C(=O)NC12CC3CC(CC(C3)C1)C2. The third-order valence-corrected chi connectivity index (χ3v) is 7.90. The Bertz CT molecular complexity index is 566. The Hall–Kier alpha value is -0.620. The first-order valence-electron chi connectivity index (χ1n) is 9.13. The highest BCUT2D eigenvalue weighted by Crippen LogP contribution is 2.55. The van der Waals surface area contributed by atoms with Gasteiger partial charge >= 0.3 is 0 Å². The highest BCUT2D eigenvalue weighted by Gasteiger charge is 2.52. The van der Waals surface area contributed by atoms with Crippen LogP contribution < -0.4 is 5.32 Å². The van der Waals surface area contributed by atoms with Gasteiger partial charge in [-0.15, -0.1) is 0 Å². The van der Waals surface area contributed by atoms with Crippen LogP contribution in [0, 0.1) is 17.8 Å². The first kappa shape index (κ1) is 15.9. The summed E-state index contributed by atoms with van der Waals surface area (Å²) in [4.78, 5) is 12.9. The lowest BCUT2D eigenvalue weighted by molar-refractivity contribution is -0.131. The Morgan fingerprint density at radius 1 is 1.04 bits per heavy atom. The van der Waals surface area contributed by atoms with Gasteiger partial charge in [-0.3, -0.25) is 4.79 Å². The number of sulfonamides is 1. The Labute approximate surface area is 139 Å². The Morgan fingerprint density at radius 2 is 1.61 bits per heavy atom. The first-order chi connectivity index (χ1) is 10.8. The average Bonchev–Trinajstić information content (AvgIpc) is 2.44. The molecule has 4 saturated carbocycles. The van der Waals surface area contributed by atoms with Crippen LogP contribution in [0.25, 0.3) is 0 Å². The summed E-state index contributed by atoms with van der Waals surface area (Å²) < 4.78 is 25.4. The Kier molecular flexibility index (Phi) is 3.76. The van der Waals surface area contributed by atoms with Gasteiger partial charge in [0.05, 0.1) is 6.26 Å². The van der Waals surface area contributed by atoms with Crippen LogP contribution >= 0.6 is 0 Å². The normalized spacial score (nSPS) is 43.5. The molecule has 5 fully saturated rings. The minimum atomic E-state index is -3.31. The molecule has 0 aromatic rings. The first-order valence-corrected chi connectivity index (χ1v) is 11.0. The number of carbonyl (C=O) groups is 1. The molecule has 5 rings (SSSR count). The summed E-state index contributed by atoms with van der Waals surface area (Å²) in [5, 5.41) is 3.35. The van der Waals surface area contributed by atoms with Crippen LogP contribution in [-0.2, 0) is 14.8 Å². The summed E-state index contributed by atoms with van der Waals surface area (Å²) in [6.07, 6.45) is 11.0. The minimum Gasteiger partial charge on any atom is -0.349 e. The molecule has 0 aromatic heterocycles. The second-order valence-corrected chi connectivity index (χ2v) is 10.5. The number of nitrogens with one attached hydrogen (secondary N) is 1. The highest BCUT2D eigenvalue weighted by molar-refractivity contribution is 7.88. The van der Waals surface area contributed by atoms with E-state index in [4.69, 9.17) is 0 Å². The molecular formula is C17H28N2O3S. The summed E-state index contributed by atoms with van der Waals surface area (Å²) in [5.41, 5.74) is -0.0353. The van der Waals surface area contributed by atoms with E-state index in [-0.39, 0.29) is 11.4 Å². The maximum atomic E-state index is 12.9. The van der Waals surface area contributed by atoms with Crippen LogP contribution in [0.3, 0.4) is 0 Å². The number of piperidine rings is 1. The lowest BCUT2D eigenvalue weighted by atomic mass is 9.53. The molecule has 0 spiro atoms. The van der Waals surface area contributed by atoms with Gasteiger partial charge < -0.3 is 5.32 Å². The van der Waals surface area contributed by atoms with Gasteiger partial charge in [0.25, 0.3) is 0 Å². The number of hydrogen-bond donors (Lipinski definition) is 1. The summed E-state index contributed by atoms with van der Waals surface area (Å²) in [6.45, 7) is 0.484. The van der Waals surface area contributed by atoms with Crippen molar-refractivity contribution in [3.63, 3.8) is 0 Å². The average molecular weight is 340 g/mol. The van der Waals surface area contributed by atoms with Crippen LogP contribution in [0.15, 0.2) is 0 Å². The molecule has 0 aromatic carbocycles. The maximum absolute atomic E-state index is 12.9. The second kappa shape index (κ2) is 5.45. The van der Waals surface area contributed by atoms with Crippen molar-refractivity contribution in [2.45, 2.75) is 69.4 Å². The van der Waals surface area contributed by atoms with Crippen LogP contribution in [-0.4, -0.2) is 43.0 Å². The molecule has 1 atom stereocenters. The van der Waals surface area contributed by atoms with E-state index < -0.39 is 16.1 Å². The van der Waals surface area contributed by atoms with Gasteiger partial charge in [-0.05, 0) is 69.1 Å². The molecule has 0 radical (unpaired) electrons. The fraction of sp³-hybridized carbons (Fsp3) is 0.941. The zero-order chi connectivity index (χ0) is 16.2. The van der Waals surface area contributed by atoms with E-state index in [1.165, 1.54) is 29.8 Å². The monoisotopic (exact) mass is 340 g/mol. The van der Waals surface area contributed by atoms with E-state index in [0.29, 0.717) is 13.0 Å². The molecule has 130 valence electrons. The smallest absolute Gasteiger partial charge is 0.238 e. The summed E-state index contributed by atoms with van der Waals surface area (Å²) in [5.74, 6) is 2.29. The summed E-state index contributed by atoms with van der Waals surface area (Å²) >= 11 is 0. The van der Waals surface area contributed by atoms with E-state index in [9.17, 15) is 13.2 Å². The predicted octanol–water partition coefficient (Wildman–Crippen LogP) is 1.89. The molecule has 5 nitrogen and oxygen atoms in total. The molecule has 0 unspecified atom stereocenters. The highest BCUT2D eigenvalue weighted by atomic mass is 32.2. The zero-order valence-electron chi connectivity index (χ0n) is 14.0. The van der Waals surface area contributed by atoms with Crippen molar-refractivity contribution in [3.8, 4) is 0 Å². The molecule has 6 heteroatoms. The number of carbonyl (C=O) groups excluding carboxylic acids is 1. The quantitative estimate of drug-likeness (QED) is 0.853. The minimum absolute atomic E-state index is 0.0353. The lowest BCUT2D eigenvalue weighted by Gasteiger charge is -2.57. The van der Waals surface area contributed by atoms with Crippen molar-refractivity contribution in [2.75, 3.05) is 12.8 Å². The van der Waals surface area contributed by atoms with E-state index in [1.807, 2.05) is 0 Å². The van der Waals surface area contributed by atoms with E-state index >= 15 is 0 Å². The number of nitrogens with zero attached hydrogens (tertiary/aromatic N) is 1. The van der Waals surface area contributed by atoms with Crippen molar-refractivity contribution >= 4 is 15.9 Å². The number of hydrogen-bond acceptors (Lipinski definition) is 3. The molecule has 5 aliphatic rings. The van der Waals surface area contributed by atoms with E-state index in [0.717, 1.165) is 49.9 Å². The topological polar surface area (TPSA) is 66.5 Å². The van der Waals surface area contributed by atoms with Crippen molar-refractivity contribution in [1.29, 1.82) is 0 Å². The van der Waals surface area contributed by atoms with Gasteiger partial charge in [-0.1, -0.05) is 6.42 Å². The zero-order valence-corrected chi connectivity index (χ0v) is 14.8. The van der Waals surface area contributed by atoms with Crippen LogP contribution in [0.1, 0.15) is 57.8 Å². The standard InChI is InChI=1S/C17H28N2O3S/c1-23(21,22)19-5-3-2-4-15(19)16(20)18-17-9-12-6-13(10-17)8-14(7-12)11-17/h12-15H,2-11H2,1H3,(H,18,20)/t12?,13?,14?,15-,17?/m1/s1. The Balaban J connectivity index is 1.51. The molecule has 1 aliphatic heterocycles. The van der Waals surface area contributed by atoms with Gasteiger partial charge in [0.2, 0.25) is 15.9 Å². The van der Waals surface area contributed by atoms with E-state index in [2.05, 4.69) is 5.32 Å². The van der Waals surface area contributed by atoms with Crippen molar-refractivity contribution < 1.29 is 13.2 Å². The van der Waals surface area contributed by atoms with Crippen molar-refractivity contribution in [2.24, 2.45) is 17.8 Å². The predicted molar refractivity (Wildman–Crippen MR) is 88.2 cm³/mol. The molecule has 1 heterocycles. The Morgan fingerprint density at radius 3 is 2.13 bits per heavy atom. The fourth-order valence-electron chi connectivity index (χ4n) is 6.17. The summed E-state index contributed by atoms with van der Waals surface area (Å²) in [6, 6.07) is -0.494. The van der Waals surface area contributed by atoms with Gasteiger partial charge in [-0.2, -0.15) is 4.31 Å². The largest absolute Gasteiger partial charge is 0.349 e. The summed E-state index contributed by atoms with van der Waals surface area (Å²) in [7, 11) is -3.31. The van der Waals surface area contributed by atoms with Gasteiger partial charge in [0.1, 0.15) is 6.04 Å². The molecule has 4 aliphatic carbocycles. The van der Waals surface area contributed by atoms with Gasteiger partial charge in [-0.25, -0.2) is 8.42 Å². The van der Waals surface area contributed by atoms with E-state index in [1.54, 1.807) is 0 Å². The van der Waals surface area contributed by atoms with Crippen LogP contribution in [0.5, 0.6) is 0 Å². The van der Waals surface area contributed by atoms with Gasteiger partial charge in [0, 0.05) is 12.1 Å². The number of rotatable bonds is 3. The third kappa shape index (κ3) is 2.93. The molecule has 23 heavy (non-hydrogen) atoms. The fourth-order valence-corrected chi connectivity index (χ4v) is 7.30. The second-order valence-electron chi connectivity index (χ2n) is 8.57. The maximum Gasteiger partial charge on any atom is 0.238 e. The van der Waals surface area contributed by atoms with Crippen LogP contribution in [0.2, 0.25) is 0 Å². The van der Waals surface area contributed by atoms with Crippen LogP contribution in [0.4, 0.5) is 0 Å². The molecule has 1 saturated heterocycles. The number of amides is 1. The lowest BCUT2D eigenvalue weighted by Crippen LogP contribution is -2.63. The molecule has 4 bridgehead atoms. The molecular weight excluding hydrogens is 312 g/mol. The van der Waals surface area contributed by atoms with Crippen molar-refractivity contribution in [3.05, 3.63) is 0 Å². The van der Waals surface area contributed by atoms with Crippen molar-refractivity contribution in [1.82, 2.24) is 9.62 Å².